The molecular formula is C14H22ClN3O2. The number of methoxy groups -OCH3 is 1. The summed E-state index contributed by atoms with van der Waals surface area (Å²) in [4.78, 5) is 16.3. The number of aromatic nitrogens is 1. The highest BCUT2D eigenvalue weighted by Gasteiger charge is 2.14. The van der Waals surface area contributed by atoms with Gasteiger partial charge in [0.05, 0.1) is 11.6 Å². The van der Waals surface area contributed by atoms with Crippen LogP contribution in [-0.4, -0.2) is 37.7 Å². The number of amides is 1. The Morgan fingerprint density at radius 1 is 1.50 bits per heavy atom. The zero-order chi connectivity index (χ0) is 15.0. The summed E-state index contributed by atoms with van der Waals surface area (Å²) in [6.07, 6.45) is 0.986. The molecule has 0 saturated carbocycles. The molecule has 6 heteroatoms. The first-order valence-corrected chi connectivity index (χ1v) is 7.13. The van der Waals surface area contributed by atoms with Crippen LogP contribution in [-0.2, 0) is 4.74 Å². The van der Waals surface area contributed by atoms with Crippen molar-refractivity contribution in [3.63, 3.8) is 0 Å². The molecule has 1 unspecified atom stereocenters. The second-order valence-electron chi connectivity index (χ2n) is 4.72. The van der Waals surface area contributed by atoms with Gasteiger partial charge in [-0.3, -0.25) is 4.79 Å². The fourth-order valence-electron chi connectivity index (χ4n) is 1.65. The fourth-order valence-corrected chi connectivity index (χ4v) is 1.84. The summed E-state index contributed by atoms with van der Waals surface area (Å²) in [6.45, 7) is 5.99. The second kappa shape index (κ2) is 8.76. The molecule has 1 rings (SSSR count). The molecule has 0 aliphatic carbocycles. The largest absolute Gasteiger partial charge is 0.384 e. The number of nitrogens with one attached hydrogen (secondary N) is 2. The van der Waals surface area contributed by atoms with Crippen LogP contribution < -0.4 is 10.6 Å². The summed E-state index contributed by atoms with van der Waals surface area (Å²) >= 11 is 6.03. The van der Waals surface area contributed by atoms with Crippen LogP contribution in [0, 0.1) is 5.92 Å². The Balaban J connectivity index is 2.66. The minimum atomic E-state index is -0.266. The molecular weight excluding hydrogens is 278 g/mol. The van der Waals surface area contributed by atoms with Gasteiger partial charge in [-0.05, 0) is 24.5 Å². The van der Waals surface area contributed by atoms with E-state index in [1.165, 1.54) is 0 Å². The van der Waals surface area contributed by atoms with Crippen molar-refractivity contribution in [1.82, 2.24) is 10.3 Å². The highest BCUT2D eigenvalue weighted by molar-refractivity contribution is 6.33. The van der Waals surface area contributed by atoms with Crippen LogP contribution in [0.4, 0.5) is 5.82 Å². The van der Waals surface area contributed by atoms with Crippen LogP contribution in [0.5, 0.6) is 0 Å². The van der Waals surface area contributed by atoms with Gasteiger partial charge in [0.15, 0.2) is 0 Å². The Morgan fingerprint density at radius 3 is 2.90 bits per heavy atom. The average molecular weight is 300 g/mol. The number of ether oxygens (including phenoxy) is 1. The molecule has 0 spiro atoms. The summed E-state index contributed by atoms with van der Waals surface area (Å²) in [6, 6.07) is 3.45. The third-order valence-electron chi connectivity index (χ3n) is 2.68. The van der Waals surface area contributed by atoms with Crippen LogP contribution >= 0.6 is 11.6 Å². The van der Waals surface area contributed by atoms with Crippen molar-refractivity contribution < 1.29 is 9.53 Å². The van der Waals surface area contributed by atoms with Crippen molar-refractivity contribution in [3.8, 4) is 0 Å². The van der Waals surface area contributed by atoms with Gasteiger partial charge in [0.25, 0.3) is 5.91 Å². The van der Waals surface area contributed by atoms with Gasteiger partial charge >= 0.3 is 0 Å². The summed E-state index contributed by atoms with van der Waals surface area (Å²) < 4.78 is 5.03. The maximum Gasteiger partial charge on any atom is 0.271 e. The number of halogens is 1. The predicted octanol–water partition coefficient (Wildman–Crippen LogP) is 2.57. The third-order valence-corrected chi connectivity index (χ3v) is 2.98. The molecule has 0 saturated heterocycles. The first kappa shape index (κ1) is 16.7. The van der Waals surface area contributed by atoms with E-state index in [1.807, 2.05) is 6.92 Å². The summed E-state index contributed by atoms with van der Waals surface area (Å²) in [5.74, 6) is 0.633. The van der Waals surface area contributed by atoms with E-state index >= 15 is 0 Å². The highest BCUT2D eigenvalue weighted by Crippen LogP contribution is 2.16. The summed E-state index contributed by atoms with van der Waals surface area (Å²) in [5, 5.41) is 6.30. The number of carbonyl (C=O) groups excluding carboxylic acids is 1. The van der Waals surface area contributed by atoms with Crippen molar-refractivity contribution in [1.29, 1.82) is 0 Å². The van der Waals surface area contributed by atoms with Gasteiger partial charge < -0.3 is 15.4 Å². The molecule has 1 heterocycles. The quantitative estimate of drug-likeness (QED) is 0.774. The monoisotopic (exact) mass is 299 g/mol. The molecule has 1 aromatic heterocycles. The molecule has 5 nitrogen and oxygen atoms in total. The maximum absolute atomic E-state index is 12.1. The minimum Gasteiger partial charge on any atom is -0.384 e. The Kier molecular flexibility index (Phi) is 7.33. The number of hydrogen-bond donors (Lipinski definition) is 2. The number of anilines is 1. The Hall–Kier alpha value is -1.33. The number of carbonyl (C=O) groups is 1. The zero-order valence-electron chi connectivity index (χ0n) is 12.2. The van der Waals surface area contributed by atoms with Gasteiger partial charge in [-0.15, -0.1) is 0 Å². The lowest BCUT2D eigenvalue weighted by Crippen LogP contribution is -2.30. The number of rotatable bonds is 8. The molecule has 1 atom stereocenters. The molecule has 1 aromatic rings. The van der Waals surface area contributed by atoms with Gasteiger partial charge in [0.2, 0.25) is 0 Å². The van der Waals surface area contributed by atoms with E-state index in [0.29, 0.717) is 24.0 Å². The molecule has 0 fully saturated rings. The van der Waals surface area contributed by atoms with E-state index in [0.717, 1.165) is 13.0 Å². The lowest BCUT2D eigenvalue weighted by molar-refractivity contribution is 0.0929. The fraction of sp³-hybridized carbons (Fsp3) is 0.571. The molecule has 112 valence electrons. The molecule has 0 aliphatic heterocycles. The average Bonchev–Trinajstić information content (AvgIpc) is 2.44. The Labute approximate surface area is 125 Å². The van der Waals surface area contributed by atoms with Crippen molar-refractivity contribution in [2.24, 2.45) is 5.92 Å². The second-order valence-corrected chi connectivity index (χ2v) is 5.13. The zero-order valence-corrected chi connectivity index (χ0v) is 13.0. The van der Waals surface area contributed by atoms with Crippen LogP contribution in [0.15, 0.2) is 12.1 Å². The molecule has 0 radical (unpaired) electrons. The summed E-state index contributed by atoms with van der Waals surface area (Å²) in [5.41, 5.74) is 0.248. The lowest BCUT2D eigenvalue weighted by atomic mass is 10.2. The van der Waals surface area contributed by atoms with Crippen molar-refractivity contribution in [3.05, 3.63) is 22.8 Å². The van der Waals surface area contributed by atoms with Crippen molar-refractivity contribution >= 4 is 23.3 Å². The Morgan fingerprint density at radius 2 is 2.25 bits per heavy atom. The highest BCUT2D eigenvalue weighted by atomic mass is 35.5. The van der Waals surface area contributed by atoms with Crippen LogP contribution in [0.2, 0.25) is 5.02 Å². The lowest BCUT2D eigenvalue weighted by Gasteiger charge is -2.12. The van der Waals surface area contributed by atoms with E-state index in [1.54, 1.807) is 19.2 Å². The number of pyridine rings is 1. The van der Waals surface area contributed by atoms with Gasteiger partial charge in [-0.25, -0.2) is 4.98 Å². The molecule has 0 aromatic carbocycles. The third kappa shape index (κ3) is 5.35. The van der Waals surface area contributed by atoms with Crippen LogP contribution in [0.3, 0.4) is 0 Å². The topological polar surface area (TPSA) is 63.2 Å². The van der Waals surface area contributed by atoms with Crippen molar-refractivity contribution in [2.75, 3.05) is 32.1 Å². The normalized spacial score (nSPS) is 12.0. The first-order valence-electron chi connectivity index (χ1n) is 6.76. The van der Waals surface area contributed by atoms with Gasteiger partial charge in [0, 0.05) is 20.2 Å². The standard InChI is InChI=1S/C14H22ClN3O2/c1-4-7-16-12-6-5-11(15)13(18-12)14(19)17-8-10(2)9-20-3/h5-6,10H,4,7-9H2,1-3H3,(H,16,18)(H,17,19). The molecule has 1 amide bonds. The van der Waals surface area contributed by atoms with E-state index in [4.69, 9.17) is 16.3 Å². The van der Waals surface area contributed by atoms with Gasteiger partial charge in [0.1, 0.15) is 11.5 Å². The SMILES string of the molecule is CCCNc1ccc(Cl)c(C(=O)NCC(C)COC)n1. The summed E-state index contributed by atoms with van der Waals surface area (Å²) in [7, 11) is 1.64. The van der Waals surface area contributed by atoms with Gasteiger partial charge in [-0.1, -0.05) is 25.4 Å². The van der Waals surface area contributed by atoms with E-state index in [2.05, 4.69) is 22.5 Å². The minimum absolute atomic E-state index is 0.240. The smallest absolute Gasteiger partial charge is 0.271 e. The van der Waals surface area contributed by atoms with E-state index in [-0.39, 0.29) is 17.5 Å². The van der Waals surface area contributed by atoms with E-state index < -0.39 is 0 Å². The molecule has 0 bridgehead atoms. The molecule has 2 N–H and O–H groups in total. The first-order chi connectivity index (χ1) is 9.58. The van der Waals surface area contributed by atoms with Crippen molar-refractivity contribution in [2.45, 2.75) is 20.3 Å². The Bertz CT molecular complexity index is 440. The predicted molar refractivity (Wildman–Crippen MR) is 81.4 cm³/mol. The number of nitrogens with zero attached hydrogens (tertiary/aromatic N) is 1. The van der Waals surface area contributed by atoms with Crippen LogP contribution in [0.1, 0.15) is 30.8 Å². The van der Waals surface area contributed by atoms with Crippen LogP contribution in [0.25, 0.3) is 0 Å². The maximum atomic E-state index is 12.1. The number of hydrogen-bond acceptors (Lipinski definition) is 4. The van der Waals surface area contributed by atoms with Gasteiger partial charge in [-0.2, -0.15) is 0 Å². The molecule has 0 aliphatic rings. The molecule has 20 heavy (non-hydrogen) atoms. The van der Waals surface area contributed by atoms with E-state index in [9.17, 15) is 4.79 Å².